The number of carbonyl (C=O) groups excluding carboxylic acids is 1. The van der Waals surface area contributed by atoms with Crippen molar-refractivity contribution in [2.75, 3.05) is 25.0 Å². The zero-order chi connectivity index (χ0) is 30.0. The Hall–Kier alpha value is -3.86. The number of anilines is 1. The minimum atomic E-state index is -3.57. The lowest BCUT2D eigenvalue weighted by atomic mass is 9.89. The quantitative estimate of drug-likeness (QED) is 0.244. The van der Waals surface area contributed by atoms with Gasteiger partial charge in [0.2, 0.25) is 0 Å². The third-order valence-corrected chi connectivity index (χ3v) is 9.77. The first-order valence-corrected chi connectivity index (χ1v) is 15.7. The van der Waals surface area contributed by atoms with Gasteiger partial charge < -0.3 is 25.0 Å². The van der Waals surface area contributed by atoms with Crippen molar-refractivity contribution in [1.82, 2.24) is 15.2 Å². The molecule has 0 bridgehead atoms. The number of carbonyl (C=O) groups is 1. The maximum Gasteiger partial charge on any atom is 0.253 e. The number of hydrogen-bond acceptors (Lipinski definition) is 6. The first-order valence-electron chi connectivity index (χ1n) is 14.1. The molecule has 10 heteroatoms. The summed E-state index contributed by atoms with van der Waals surface area (Å²) >= 11 is 0. The zero-order valence-corrected chi connectivity index (χ0v) is 25.2. The van der Waals surface area contributed by atoms with Gasteiger partial charge in [-0.15, -0.1) is 0 Å². The Labute approximate surface area is 247 Å². The largest absolute Gasteiger partial charge is 0.497 e. The lowest BCUT2D eigenvalue weighted by molar-refractivity contribution is 0.0797. The number of nitrogens with zero attached hydrogens (tertiary/aromatic N) is 2. The Morgan fingerprint density at radius 3 is 2.57 bits per heavy atom. The average Bonchev–Trinajstić information content (AvgIpc) is 3.35. The van der Waals surface area contributed by atoms with Gasteiger partial charge in [0.15, 0.2) is 0 Å². The molecule has 4 aromatic rings. The molecule has 3 atom stereocenters. The lowest BCUT2D eigenvalue weighted by Gasteiger charge is -2.31. The fourth-order valence-electron chi connectivity index (χ4n) is 5.68. The fraction of sp³-hybridized carbons (Fsp3) is 0.344. The molecule has 9 nitrogen and oxygen atoms in total. The van der Waals surface area contributed by atoms with Crippen LogP contribution < -0.4 is 19.7 Å². The molecule has 1 unspecified atom stereocenters. The van der Waals surface area contributed by atoms with Crippen LogP contribution in [0.3, 0.4) is 0 Å². The van der Waals surface area contributed by atoms with Crippen LogP contribution in [0.1, 0.15) is 46.8 Å². The molecule has 3 aromatic carbocycles. The van der Waals surface area contributed by atoms with E-state index >= 15 is 0 Å². The van der Waals surface area contributed by atoms with Crippen molar-refractivity contribution in [3.8, 4) is 5.75 Å². The first kappa shape index (κ1) is 29.6. The molecular formula is C32H38N4O5S. The Balaban J connectivity index is 1.42. The van der Waals surface area contributed by atoms with Gasteiger partial charge in [0, 0.05) is 43.2 Å². The number of hydrogen-bond donors (Lipinski definition) is 3. The topological polar surface area (TPSA) is 113 Å². The number of nitrogens with one attached hydrogen (secondary N) is 2. The summed E-state index contributed by atoms with van der Waals surface area (Å²) in [5.74, 6) is 0.0401. The minimum Gasteiger partial charge on any atom is -0.497 e. The van der Waals surface area contributed by atoms with Crippen molar-refractivity contribution in [1.29, 1.82) is 0 Å². The van der Waals surface area contributed by atoms with Gasteiger partial charge in [0.1, 0.15) is 11.6 Å². The van der Waals surface area contributed by atoms with Crippen molar-refractivity contribution in [3.05, 3.63) is 95.2 Å². The Morgan fingerprint density at radius 2 is 1.86 bits per heavy atom. The van der Waals surface area contributed by atoms with Gasteiger partial charge in [-0.05, 0) is 47.4 Å². The number of aliphatic hydroxyl groups is 1. The highest BCUT2D eigenvalue weighted by molar-refractivity contribution is 7.91. The number of aliphatic hydroxyl groups excluding tert-OH is 1. The Kier molecular flexibility index (Phi) is 8.58. The molecule has 0 fully saturated rings. The van der Waals surface area contributed by atoms with Crippen LogP contribution in [0, 0.1) is 0 Å². The number of rotatable bonds is 11. The molecule has 0 saturated carbocycles. The van der Waals surface area contributed by atoms with E-state index in [4.69, 9.17) is 4.74 Å². The molecule has 42 heavy (non-hydrogen) atoms. The van der Waals surface area contributed by atoms with E-state index in [0.717, 1.165) is 33.3 Å². The number of benzene rings is 3. The predicted molar refractivity (Wildman–Crippen MR) is 165 cm³/mol. The summed E-state index contributed by atoms with van der Waals surface area (Å²) in [4.78, 5) is 13.8. The summed E-state index contributed by atoms with van der Waals surface area (Å²) < 4.78 is 34.1. The van der Waals surface area contributed by atoms with Gasteiger partial charge in [0.05, 0.1) is 30.5 Å². The first-order chi connectivity index (χ1) is 20.1. The highest BCUT2D eigenvalue weighted by atomic mass is 32.2. The maximum absolute atomic E-state index is 13.8. The van der Waals surface area contributed by atoms with E-state index in [-0.39, 0.29) is 24.2 Å². The molecule has 0 aliphatic carbocycles. The van der Waals surface area contributed by atoms with Gasteiger partial charge in [-0.25, -0.2) is 8.42 Å². The van der Waals surface area contributed by atoms with Gasteiger partial charge in [0.25, 0.3) is 15.9 Å². The Morgan fingerprint density at radius 1 is 1.10 bits per heavy atom. The van der Waals surface area contributed by atoms with Crippen LogP contribution in [-0.4, -0.2) is 56.8 Å². The summed E-state index contributed by atoms with van der Waals surface area (Å²) in [6.07, 6.45) is 1.65. The smallest absolute Gasteiger partial charge is 0.253 e. The van der Waals surface area contributed by atoms with Gasteiger partial charge in [-0.2, -0.15) is 0 Å². The average molecular weight is 591 g/mol. The third kappa shape index (κ3) is 5.88. The molecule has 0 radical (unpaired) electrons. The zero-order valence-electron chi connectivity index (χ0n) is 24.4. The second-order valence-electron chi connectivity index (χ2n) is 10.8. The predicted octanol–water partition coefficient (Wildman–Crippen LogP) is 4.00. The van der Waals surface area contributed by atoms with Crippen molar-refractivity contribution >= 4 is 32.5 Å². The van der Waals surface area contributed by atoms with Crippen LogP contribution >= 0.6 is 0 Å². The second-order valence-corrected chi connectivity index (χ2v) is 12.8. The molecule has 2 heterocycles. The monoisotopic (exact) mass is 590 g/mol. The van der Waals surface area contributed by atoms with E-state index in [2.05, 4.69) is 10.6 Å². The van der Waals surface area contributed by atoms with Crippen molar-refractivity contribution in [2.24, 2.45) is 0 Å². The number of methoxy groups -OCH3 is 1. The maximum atomic E-state index is 13.8. The third-order valence-electron chi connectivity index (χ3n) is 8.13. The van der Waals surface area contributed by atoms with Crippen LogP contribution in [0.2, 0.25) is 0 Å². The summed E-state index contributed by atoms with van der Waals surface area (Å²) in [5, 5.41) is 18.6. The molecule has 5 rings (SSSR count). The fourth-order valence-corrected chi connectivity index (χ4v) is 6.85. The van der Waals surface area contributed by atoms with Crippen molar-refractivity contribution in [3.63, 3.8) is 0 Å². The highest BCUT2D eigenvalue weighted by Gasteiger charge is 2.32. The highest BCUT2D eigenvalue weighted by Crippen LogP contribution is 2.37. The number of ether oxygens (including phenoxy) is 1. The number of sulfonamides is 1. The standard InChI is InChI=1S/C32H38N4O5S/c1-5-23-19-36-20-42(39,40)35(3)28-16-25(15-27(23)31(28)36)32(38)34-30(21(2)24-11-7-6-8-12-24)29(37)18-33-17-22-10-9-13-26(14-22)41-4/h6-16,19,21,29-30,33,37H,5,17-18,20H2,1-4H3,(H,34,38)/t21-,29+,30?/m0/s1. The van der Waals surface area contributed by atoms with Crippen LogP contribution in [-0.2, 0) is 28.9 Å². The number of aromatic nitrogens is 1. The van der Waals surface area contributed by atoms with E-state index in [9.17, 15) is 18.3 Å². The van der Waals surface area contributed by atoms with E-state index in [1.807, 2.05) is 80.7 Å². The molecule has 1 aliphatic heterocycles. The van der Waals surface area contributed by atoms with Crippen molar-refractivity contribution in [2.45, 2.75) is 50.8 Å². The van der Waals surface area contributed by atoms with E-state index in [1.165, 1.54) is 11.4 Å². The summed E-state index contributed by atoms with van der Waals surface area (Å²) in [7, 11) is -0.432. The van der Waals surface area contributed by atoms with E-state index in [1.54, 1.807) is 17.7 Å². The molecule has 0 saturated heterocycles. The molecular weight excluding hydrogens is 552 g/mol. The van der Waals surface area contributed by atoms with E-state index in [0.29, 0.717) is 24.2 Å². The SMILES string of the molecule is CCc1cn2c3c(cc(C(=O)NC([C@H](O)CNCc4cccc(OC)c4)[C@@H](C)c4ccccc4)cc13)N(C)S(=O)(=O)C2. The van der Waals surface area contributed by atoms with Gasteiger partial charge in [-0.3, -0.25) is 9.10 Å². The Bertz CT molecular complexity index is 1690. The molecule has 0 spiro atoms. The molecule has 222 valence electrons. The van der Waals surface area contributed by atoms with Crippen LogP contribution in [0.4, 0.5) is 5.69 Å². The van der Waals surface area contributed by atoms with Gasteiger partial charge in [-0.1, -0.05) is 56.3 Å². The van der Waals surface area contributed by atoms with Crippen LogP contribution in [0.25, 0.3) is 10.9 Å². The molecule has 3 N–H and O–H groups in total. The summed E-state index contributed by atoms with van der Waals surface area (Å²) in [5.41, 5.74) is 4.58. The van der Waals surface area contributed by atoms with Crippen LogP contribution in [0.15, 0.2) is 72.9 Å². The molecule has 1 aromatic heterocycles. The lowest BCUT2D eigenvalue weighted by Crippen LogP contribution is -2.50. The van der Waals surface area contributed by atoms with Crippen LogP contribution in [0.5, 0.6) is 5.75 Å². The summed E-state index contributed by atoms with van der Waals surface area (Å²) in [6.45, 7) is 4.75. The van der Waals surface area contributed by atoms with Gasteiger partial charge >= 0.3 is 0 Å². The molecule has 1 aliphatic rings. The summed E-state index contributed by atoms with van der Waals surface area (Å²) in [6, 6.07) is 20.3. The number of amides is 1. The normalized spacial score (nSPS) is 16.2. The second kappa shape index (κ2) is 12.2. The van der Waals surface area contributed by atoms with Crippen molar-refractivity contribution < 1.29 is 23.1 Å². The number of aryl methyl sites for hydroxylation is 1. The minimum absolute atomic E-state index is 0.135. The van der Waals surface area contributed by atoms with E-state index < -0.39 is 22.2 Å². The molecule has 1 amide bonds.